The Morgan fingerprint density at radius 2 is 2.05 bits per heavy atom. The molecule has 1 aliphatic rings. The van der Waals surface area contributed by atoms with Gasteiger partial charge in [0.05, 0.1) is 6.42 Å². The second-order valence-electron chi connectivity index (χ2n) is 5.81. The minimum Gasteiger partial charge on any atom is -0.508 e. The van der Waals surface area contributed by atoms with Gasteiger partial charge in [-0.05, 0) is 42.4 Å². The molecule has 0 aromatic heterocycles. The molecule has 3 nitrogen and oxygen atoms in total. The van der Waals surface area contributed by atoms with Gasteiger partial charge in [0.1, 0.15) is 5.75 Å². The molecule has 0 saturated carbocycles. The molecule has 0 aliphatic carbocycles. The first-order valence-electron chi connectivity index (χ1n) is 7.12. The van der Waals surface area contributed by atoms with E-state index in [2.05, 4.69) is 13.8 Å². The molecule has 0 spiro atoms. The Bertz CT molecular complexity index is 434. The maximum absolute atomic E-state index is 12.2. The number of phenols is 1. The summed E-state index contributed by atoms with van der Waals surface area (Å²) >= 11 is 0. The van der Waals surface area contributed by atoms with Crippen molar-refractivity contribution in [2.75, 3.05) is 13.1 Å². The zero-order chi connectivity index (χ0) is 13.8. The topological polar surface area (TPSA) is 40.5 Å². The lowest BCUT2D eigenvalue weighted by molar-refractivity contribution is -0.132. The molecule has 3 heteroatoms. The van der Waals surface area contributed by atoms with Gasteiger partial charge in [0.15, 0.2) is 0 Å². The van der Waals surface area contributed by atoms with Gasteiger partial charge in [-0.1, -0.05) is 26.0 Å². The first-order valence-corrected chi connectivity index (χ1v) is 7.12. The van der Waals surface area contributed by atoms with Gasteiger partial charge in [0, 0.05) is 13.1 Å². The second-order valence-corrected chi connectivity index (χ2v) is 5.81. The average Bonchev–Trinajstić information content (AvgIpc) is 2.39. The summed E-state index contributed by atoms with van der Waals surface area (Å²) in [6.45, 7) is 6.27. The van der Waals surface area contributed by atoms with Gasteiger partial charge >= 0.3 is 0 Å². The predicted octanol–water partition coefficient (Wildman–Crippen LogP) is 2.83. The number of carbonyl (C=O) groups is 1. The molecule has 1 aromatic rings. The van der Waals surface area contributed by atoms with Crippen LogP contribution in [0, 0.1) is 11.8 Å². The van der Waals surface area contributed by atoms with Crippen LogP contribution in [0.25, 0.3) is 0 Å². The van der Waals surface area contributed by atoms with Crippen LogP contribution in [0.2, 0.25) is 0 Å². The summed E-state index contributed by atoms with van der Waals surface area (Å²) in [5.74, 6) is 1.87. The van der Waals surface area contributed by atoms with Crippen molar-refractivity contribution in [3.05, 3.63) is 29.8 Å². The van der Waals surface area contributed by atoms with Crippen molar-refractivity contribution in [3.8, 4) is 5.75 Å². The molecule has 0 radical (unpaired) electrons. The lowest BCUT2D eigenvalue weighted by Crippen LogP contribution is -2.40. The van der Waals surface area contributed by atoms with Crippen LogP contribution in [0.3, 0.4) is 0 Å². The number of aromatic hydroxyl groups is 1. The second kappa shape index (κ2) is 6.09. The Kier molecular flexibility index (Phi) is 4.46. The summed E-state index contributed by atoms with van der Waals surface area (Å²) < 4.78 is 0. The fourth-order valence-corrected chi connectivity index (χ4v) is 2.77. The number of nitrogens with zero attached hydrogens (tertiary/aromatic N) is 1. The van der Waals surface area contributed by atoms with Crippen molar-refractivity contribution in [1.82, 2.24) is 4.90 Å². The number of hydrogen-bond acceptors (Lipinski definition) is 2. The Morgan fingerprint density at radius 1 is 1.37 bits per heavy atom. The average molecular weight is 261 g/mol. The smallest absolute Gasteiger partial charge is 0.226 e. The number of piperidine rings is 1. The van der Waals surface area contributed by atoms with E-state index in [9.17, 15) is 9.90 Å². The van der Waals surface area contributed by atoms with Crippen molar-refractivity contribution >= 4 is 5.91 Å². The van der Waals surface area contributed by atoms with Gasteiger partial charge in [-0.3, -0.25) is 4.79 Å². The molecule has 1 N–H and O–H groups in total. The van der Waals surface area contributed by atoms with Gasteiger partial charge in [-0.2, -0.15) is 0 Å². The monoisotopic (exact) mass is 261 g/mol. The van der Waals surface area contributed by atoms with Crippen molar-refractivity contribution in [2.45, 2.75) is 33.1 Å². The third kappa shape index (κ3) is 3.72. The van der Waals surface area contributed by atoms with Crippen LogP contribution in [-0.4, -0.2) is 29.0 Å². The SMILES string of the molecule is CC(C)C1CCN(C(=O)Cc2cccc(O)c2)CC1. The molecule has 1 aromatic carbocycles. The molecule has 0 unspecified atom stereocenters. The number of likely N-dealkylation sites (tertiary alicyclic amines) is 1. The van der Waals surface area contributed by atoms with Crippen LogP contribution in [0.15, 0.2) is 24.3 Å². The Balaban J connectivity index is 1.88. The highest BCUT2D eigenvalue weighted by molar-refractivity contribution is 5.79. The summed E-state index contributed by atoms with van der Waals surface area (Å²) in [4.78, 5) is 14.2. The first-order chi connectivity index (χ1) is 9.06. The summed E-state index contributed by atoms with van der Waals surface area (Å²) in [7, 11) is 0. The highest BCUT2D eigenvalue weighted by Gasteiger charge is 2.24. The summed E-state index contributed by atoms with van der Waals surface area (Å²) in [5, 5.41) is 9.41. The largest absolute Gasteiger partial charge is 0.508 e. The van der Waals surface area contributed by atoms with E-state index in [-0.39, 0.29) is 11.7 Å². The fourth-order valence-electron chi connectivity index (χ4n) is 2.77. The lowest BCUT2D eigenvalue weighted by atomic mass is 9.86. The van der Waals surface area contributed by atoms with Crippen LogP contribution >= 0.6 is 0 Å². The van der Waals surface area contributed by atoms with E-state index in [0.29, 0.717) is 12.3 Å². The molecule has 19 heavy (non-hydrogen) atoms. The predicted molar refractivity (Wildman–Crippen MR) is 76.0 cm³/mol. The molecule has 1 heterocycles. The summed E-state index contributed by atoms with van der Waals surface area (Å²) in [5.41, 5.74) is 0.885. The minimum absolute atomic E-state index is 0.174. The van der Waals surface area contributed by atoms with E-state index in [1.165, 1.54) is 0 Å². The number of benzene rings is 1. The Labute approximate surface area is 115 Å². The molecular weight excluding hydrogens is 238 g/mol. The zero-order valence-corrected chi connectivity index (χ0v) is 11.8. The minimum atomic E-state index is 0.174. The van der Waals surface area contributed by atoms with Gasteiger partial charge in [0.25, 0.3) is 0 Å². The molecule has 1 aliphatic heterocycles. The van der Waals surface area contributed by atoms with E-state index in [4.69, 9.17) is 0 Å². The third-order valence-corrected chi connectivity index (χ3v) is 4.10. The van der Waals surface area contributed by atoms with Gasteiger partial charge < -0.3 is 10.0 Å². The van der Waals surface area contributed by atoms with E-state index >= 15 is 0 Å². The number of rotatable bonds is 3. The molecule has 0 atom stereocenters. The Hall–Kier alpha value is -1.51. The highest BCUT2D eigenvalue weighted by Crippen LogP contribution is 2.24. The quantitative estimate of drug-likeness (QED) is 0.909. The van der Waals surface area contributed by atoms with Crippen LogP contribution in [-0.2, 0) is 11.2 Å². The lowest BCUT2D eigenvalue weighted by Gasteiger charge is -2.34. The normalized spacial score (nSPS) is 16.9. The molecule has 2 rings (SSSR count). The summed E-state index contributed by atoms with van der Waals surface area (Å²) in [6, 6.07) is 6.96. The van der Waals surface area contributed by atoms with E-state index in [0.717, 1.165) is 37.4 Å². The van der Waals surface area contributed by atoms with Gasteiger partial charge in [0.2, 0.25) is 5.91 Å². The van der Waals surface area contributed by atoms with Gasteiger partial charge in [-0.25, -0.2) is 0 Å². The third-order valence-electron chi connectivity index (χ3n) is 4.10. The number of hydrogen-bond donors (Lipinski definition) is 1. The van der Waals surface area contributed by atoms with E-state index in [1.54, 1.807) is 18.2 Å². The van der Waals surface area contributed by atoms with Crippen molar-refractivity contribution in [1.29, 1.82) is 0 Å². The maximum atomic E-state index is 12.2. The molecule has 1 amide bonds. The number of amides is 1. The van der Waals surface area contributed by atoms with E-state index < -0.39 is 0 Å². The fraction of sp³-hybridized carbons (Fsp3) is 0.562. The molecule has 0 bridgehead atoms. The maximum Gasteiger partial charge on any atom is 0.226 e. The van der Waals surface area contributed by atoms with Crippen LogP contribution in [0.5, 0.6) is 5.75 Å². The molecule has 1 fully saturated rings. The van der Waals surface area contributed by atoms with Gasteiger partial charge in [-0.15, -0.1) is 0 Å². The van der Waals surface area contributed by atoms with Crippen LogP contribution in [0.4, 0.5) is 0 Å². The van der Waals surface area contributed by atoms with Crippen LogP contribution in [0.1, 0.15) is 32.3 Å². The van der Waals surface area contributed by atoms with E-state index in [1.807, 2.05) is 11.0 Å². The van der Waals surface area contributed by atoms with Crippen molar-refractivity contribution in [2.24, 2.45) is 11.8 Å². The number of phenolic OH excluding ortho intramolecular Hbond substituents is 1. The zero-order valence-electron chi connectivity index (χ0n) is 11.8. The first kappa shape index (κ1) is 13.9. The standard InChI is InChI=1S/C16H23NO2/c1-12(2)14-6-8-17(9-7-14)16(19)11-13-4-3-5-15(18)10-13/h3-5,10,12,14,18H,6-9,11H2,1-2H3. The molecule has 1 saturated heterocycles. The summed E-state index contributed by atoms with van der Waals surface area (Å²) in [6.07, 6.45) is 2.62. The van der Waals surface area contributed by atoms with Crippen LogP contribution < -0.4 is 0 Å². The van der Waals surface area contributed by atoms with Crippen molar-refractivity contribution in [3.63, 3.8) is 0 Å². The number of carbonyl (C=O) groups excluding carboxylic acids is 1. The highest BCUT2D eigenvalue weighted by atomic mass is 16.3. The Morgan fingerprint density at radius 3 is 2.63 bits per heavy atom. The van der Waals surface area contributed by atoms with Crippen molar-refractivity contribution < 1.29 is 9.90 Å². The molecular formula is C16H23NO2. The molecule has 104 valence electrons.